The monoisotopic (exact) mass is 212 g/mol. The quantitative estimate of drug-likeness (QED) is 0.721. The summed E-state index contributed by atoms with van der Waals surface area (Å²) >= 11 is 0. The lowest BCUT2D eigenvalue weighted by Crippen LogP contribution is -2.39. The number of nitrogens with two attached hydrogens (primary N) is 1. The van der Waals surface area contributed by atoms with Crippen LogP contribution in [0.15, 0.2) is 0 Å². The van der Waals surface area contributed by atoms with Crippen LogP contribution in [0.4, 0.5) is 0 Å². The molecule has 1 aliphatic carbocycles. The van der Waals surface area contributed by atoms with Crippen molar-refractivity contribution in [1.29, 1.82) is 0 Å². The Morgan fingerprint density at radius 1 is 1.27 bits per heavy atom. The standard InChI is InChI=1S/C11H20N2O2/c1-7-3-4-9(5-8(7)2)11(15)13-6-10(12)14/h7-9H,3-6H2,1-2H3,(H2,12,14)(H,13,15). The number of carbonyl (C=O) groups is 2. The van der Waals surface area contributed by atoms with Gasteiger partial charge in [-0.2, -0.15) is 0 Å². The molecule has 15 heavy (non-hydrogen) atoms. The summed E-state index contributed by atoms with van der Waals surface area (Å²) in [6, 6.07) is 0. The first kappa shape index (κ1) is 12.0. The Morgan fingerprint density at radius 3 is 2.47 bits per heavy atom. The van der Waals surface area contributed by atoms with Gasteiger partial charge in [-0.1, -0.05) is 13.8 Å². The molecule has 1 aliphatic rings. The first-order chi connectivity index (χ1) is 7.00. The van der Waals surface area contributed by atoms with E-state index in [1.165, 1.54) is 0 Å². The highest BCUT2D eigenvalue weighted by atomic mass is 16.2. The van der Waals surface area contributed by atoms with E-state index in [0.29, 0.717) is 11.8 Å². The van der Waals surface area contributed by atoms with Crippen LogP contribution in [0.1, 0.15) is 33.1 Å². The maximum absolute atomic E-state index is 11.6. The summed E-state index contributed by atoms with van der Waals surface area (Å²) < 4.78 is 0. The number of hydrogen-bond acceptors (Lipinski definition) is 2. The van der Waals surface area contributed by atoms with Crippen LogP contribution < -0.4 is 11.1 Å². The third kappa shape index (κ3) is 3.53. The van der Waals surface area contributed by atoms with Crippen LogP contribution in [0, 0.1) is 17.8 Å². The van der Waals surface area contributed by atoms with Gasteiger partial charge < -0.3 is 11.1 Å². The van der Waals surface area contributed by atoms with Gasteiger partial charge in [-0.3, -0.25) is 9.59 Å². The predicted molar refractivity (Wildman–Crippen MR) is 57.9 cm³/mol. The van der Waals surface area contributed by atoms with Crippen LogP contribution in [0.3, 0.4) is 0 Å². The van der Waals surface area contributed by atoms with Gasteiger partial charge in [0.1, 0.15) is 0 Å². The molecule has 2 amide bonds. The van der Waals surface area contributed by atoms with E-state index in [1.807, 2.05) is 0 Å². The Hall–Kier alpha value is -1.06. The van der Waals surface area contributed by atoms with Crippen molar-refractivity contribution in [2.45, 2.75) is 33.1 Å². The highest BCUT2D eigenvalue weighted by molar-refractivity contribution is 5.84. The van der Waals surface area contributed by atoms with Gasteiger partial charge in [-0.25, -0.2) is 0 Å². The van der Waals surface area contributed by atoms with Crippen molar-refractivity contribution in [3.8, 4) is 0 Å². The van der Waals surface area contributed by atoms with Crippen molar-refractivity contribution in [3.63, 3.8) is 0 Å². The van der Waals surface area contributed by atoms with Crippen molar-refractivity contribution < 1.29 is 9.59 Å². The Bertz CT molecular complexity index is 253. The van der Waals surface area contributed by atoms with Gasteiger partial charge in [-0.05, 0) is 31.1 Å². The Morgan fingerprint density at radius 2 is 1.93 bits per heavy atom. The first-order valence-electron chi connectivity index (χ1n) is 5.56. The van der Waals surface area contributed by atoms with Gasteiger partial charge in [0, 0.05) is 5.92 Å². The lowest BCUT2D eigenvalue weighted by Gasteiger charge is -2.31. The molecule has 3 atom stereocenters. The highest BCUT2D eigenvalue weighted by Crippen LogP contribution is 2.33. The Balaban J connectivity index is 2.37. The molecule has 0 aromatic carbocycles. The predicted octanol–water partition coefficient (Wildman–Crippen LogP) is 0.660. The van der Waals surface area contributed by atoms with E-state index in [0.717, 1.165) is 19.3 Å². The second-order valence-electron chi connectivity index (χ2n) is 4.65. The van der Waals surface area contributed by atoms with Gasteiger partial charge in [-0.15, -0.1) is 0 Å². The lowest BCUT2D eigenvalue weighted by atomic mass is 9.75. The number of nitrogens with one attached hydrogen (secondary N) is 1. The van der Waals surface area contributed by atoms with E-state index >= 15 is 0 Å². The van der Waals surface area contributed by atoms with E-state index in [2.05, 4.69) is 19.2 Å². The zero-order valence-electron chi connectivity index (χ0n) is 9.45. The lowest BCUT2D eigenvalue weighted by molar-refractivity contribution is -0.129. The summed E-state index contributed by atoms with van der Waals surface area (Å²) in [6.07, 6.45) is 2.94. The zero-order valence-corrected chi connectivity index (χ0v) is 9.45. The number of rotatable bonds is 3. The molecule has 0 radical (unpaired) electrons. The largest absolute Gasteiger partial charge is 0.368 e. The summed E-state index contributed by atoms with van der Waals surface area (Å²) in [6.45, 7) is 4.36. The van der Waals surface area contributed by atoms with Gasteiger partial charge in [0.25, 0.3) is 0 Å². The molecule has 1 rings (SSSR count). The SMILES string of the molecule is CC1CCC(C(=O)NCC(N)=O)CC1C. The van der Waals surface area contributed by atoms with E-state index in [1.54, 1.807) is 0 Å². The van der Waals surface area contributed by atoms with Crippen LogP contribution in [0.2, 0.25) is 0 Å². The molecule has 0 bridgehead atoms. The first-order valence-corrected chi connectivity index (χ1v) is 5.56. The third-order valence-electron chi connectivity index (χ3n) is 3.41. The minimum absolute atomic E-state index is 0.0208. The van der Waals surface area contributed by atoms with Gasteiger partial charge in [0.2, 0.25) is 11.8 Å². The molecule has 1 saturated carbocycles. The Kier molecular flexibility index (Phi) is 4.12. The van der Waals surface area contributed by atoms with E-state index < -0.39 is 5.91 Å². The number of primary amides is 1. The minimum Gasteiger partial charge on any atom is -0.368 e. The summed E-state index contributed by atoms with van der Waals surface area (Å²) in [4.78, 5) is 22.1. The zero-order chi connectivity index (χ0) is 11.4. The van der Waals surface area contributed by atoms with Crippen LogP contribution >= 0.6 is 0 Å². The molecule has 86 valence electrons. The van der Waals surface area contributed by atoms with Crippen molar-refractivity contribution in [2.24, 2.45) is 23.5 Å². The molecule has 0 aromatic heterocycles. The highest BCUT2D eigenvalue weighted by Gasteiger charge is 2.28. The molecule has 4 heteroatoms. The van der Waals surface area contributed by atoms with Crippen molar-refractivity contribution in [2.75, 3.05) is 6.54 Å². The average Bonchev–Trinajstić information content (AvgIpc) is 2.18. The van der Waals surface area contributed by atoms with Crippen LogP contribution in [0.25, 0.3) is 0 Å². The second-order valence-corrected chi connectivity index (χ2v) is 4.65. The maximum Gasteiger partial charge on any atom is 0.236 e. The molecule has 0 saturated heterocycles. The van der Waals surface area contributed by atoms with E-state index in [9.17, 15) is 9.59 Å². The summed E-state index contributed by atoms with van der Waals surface area (Å²) in [5.74, 6) is 0.844. The van der Waals surface area contributed by atoms with Gasteiger partial charge in [0.05, 0.1) is 6.54 Å². The van der Waals surface area contributed by atoms with Crippen LogP contribution in [-0.2, 0) is 9.59 Å². The molecule has 0 spiro atoms. The van der Waals surface area contributed by atoms with Crippen molar-refractivity contribution >= 4 is 11.8 Å². The van der Waals surface area contributed by atoms with Crippen LogP contribution in [0.5, 0.6) is 0 Å². The maximum atomic E-state index is 11.6. The fourth-order valence-electron chi connectivity index (χ4n) is 2.10. The molecular formula is C11H20N2O2. The van der Waals surface area contributed by atoms with E-state index in [-0.39, 0.29) is 18.4 Å². The smallest absolute Gasteiger partial charge is 0.236 e. The molecule has 3 unspecified atom stereocenters. The van der Waals surface area contributed by atoms with Gasteiger partial charge >= 0.3 is 0 Å². The van der Waals surface area contributed by atoms with E-state index in [4.69, 9.17) is 5.73 Å². The topological polar surface area (TPSA) is 72.2 Å². The summed E-state index contributed by atoms with van der Waals surface area (Å²) in [5, 5.41) is 2.57. The fourth-order valence-corrected chi connectivity index (χ4v) is 2.10. The Labute approximate surface area is 90.6 Å². The number of hydrogen-bond donors (Lipinski definition) is 2. The number of carbonyl (C=O) groups excluding carboxylic acids is 2. The molecule has 0 aliphatic heterocycles. The second kappa shape index (κ2) is 5.14. The molecule has 1 fully saturated rings. The molecule has 0 aromatic rings. The minimum atomic E-state index is -0.486. The molecule has 0 heterocycles. The average molecular weight is 212 g/mol. The number of amides is 2. The molecule has 3 N–H and O–H groups in total. The summed E-state index contributed by atoms with van der Waals surface area (Å²) in [7, 11) is 0. The normalized spacial score (nSPS) is 30.9. The van der Waals surface area contributed by atoms with Crippen LogP contribution in [-0.4, -0.2) is 18.4 Å². The van der Waals surface area contributed by atoms with Crippen molar-refractivity contribution in [3.05, 3.63) is 0 Å². The summed E-state index contributed by atoms with van der Waals surface area (Å²) in [5.41, 5.74) is 4.97. The molecule has 4 nitrogen and oxygen atoms in total. The third-order valence-corrected chi connectivity index (χ3v) is 3.41. The van der Waals surface area contributed by atoms with Crippen molar-refractivity contribution in [1.82, 2.24) is 5.32 Å². The fraction of sp³-hybridized carbons (Fsp3) is 0.818. The van der Waals surface area contributed by atoms with Gasteiger partial charge in [0.15, 0.2) is 0 Å². The molecular weight excluding hydrogens is 192 g/mol.